The number of benzene rings is 1. The van der Waals surface area contributed by atoms with E-state index in [1.54, 1.807) is 31.4 Å². The van der Waals surface area contributed by atoms with E-state index in [0.29, 0.717) is 31.0 Å². The van der Waals surface area contributed by atoms with Crippen LogP contribution in [0, 0.1) is 0 Å². The number of amides is 1. The van der Waals surface area contributed by atoms with Gasteiger partial charge in [0.25, 0.3) is 5.91 Å². The minimum Gasteiger partial charge on any atom is -0.508 e. The van der Waals surface area contributed by atoms with Crippen LogP contribution in [0.15, 0.2) is 42.6 Å². The molecule has 2 N–H and O–H groups in total. The molecular weight excluding hydrogens is 256 g/mol. The highest BCUT2D eigenvalue weighted by Gasteiger charge is 2.11. The van der Waals surface area contributed by atoms with E-state index in [1.165, 1.54) is 0 Å². The average Bonchev–Trinajstić information content (AvgIpc) is 2.92. The summed E-state index contributed by atoms with van der Waals surface area (Å²) in [6.45, 7) is 1.47. The third-order valence-corrected chi connectivity index (χ3v) is 3.03. The van der Waals surface area contributed by atoms with E-state index < -0.39 is 0 Å². The number of phenols is 1. The van der Waals surface area contributed by atoms with Crippen LogP contribution in [-0.2, 0) is 17.8 Å². The highest BCUT2D eigenvalue weighted by Crippen LogP contribution is 2.15. The van der Waals surface area contributed by atoms with Gasteiger partial charge in [0, 0.05) is 32.0 Å². The van der Waals surface area contributed by atoms with Crippen LogP contribution in [0.1, 0.15) is 16.1 Å². The Morgan fingerprint density at radius 1 is 1.30 bits per heavy atom. The molecule has 0 saturated carbocycles. The molecule has 0 spiro atoms. The Morgan fingerprint density at radius 2 is 2.10 bits per heavy atom. The number of hydrogen-bond donors (Lipinski definition) is 2. The van der Waals surface area contributed by atoms with Crippen molar-refractivity contribution in [3.63, 3.8) is 0 Å². The number of hydrogen-bond acceptors (Lipinski definition) is 3. The molecule has 0 fully saturated rings. The van der Waals surface area contributed by atoms with Gasteiger partial charge in [-0.15, -0.1) is 0 Å². The summed E-state index contributed by atoms with van der Waals surface area (Å²) in [6.07, 6.45) is 1.84. The lowest BCUT2D eigenvalue weighted by molar-refractivity contribution is 0.0938. The highest BCUT2D eigenvalue weighted by molar-refractivity contribution is 5.92. The lowest BCUT2D eigenvalue weighted by atomic mass is 10.2. The Balaban J connectivity index is 1.99. The minimum atomic E-state index is -0.172. The molecule has 20 heavy (non-hydrogen) atoms. The van der Waals surface area contributed by atoms with Crippen LogP contribution >= 0.6 is 0 Å². The van der Waals surface area contributed by atoms with Crippen LogP contribution in [0.3, 0.4) is 0 Å². The van der Waals surface area contributed by atoms with E-state index in [9.17, 15) is 9.90 Å². The second kappa shape index (κ2) is 6.77. The summed E-state index contributed by atoms with van der Waals surface area (Å²) >= 11 is 0. The van der Waals surface area contributed by atoms with Crippen molar-refractivity contribution < 1.29 is 14.6 Å². The molecule has 0 bridgehead atoms. The van der Waals surface area contributed by atoms with Crippen molar-refractivity contribution in [2.24, 2.45) is 0 Å². The molecule has 106 valence electrons. The van der Waals surface area contributed by atoms with Crippen molar-refractivity contribution in [3.05, 3.63) is 53.9 Å². The number of aromatic nitrogens is 1. The fourth-order valence-corrected chi connectivity index (χ4v) is 1.93. The molecule has 1 heterocycles. The number of nitrogens with zero attached hydrogens (tertiary/aromatic N) is 1. The fraction of sp³-hybridized carbons (Fsp3) is 0.267. The van der Waals surface area contributed by atoms with Gasteiger partial charge in [-0.2, -0.15) is 0 Å². The van der Waals surface area contributed by atoms with E-state index in [2.05, 4.69) is 5.32 Å². The van der Waals surface area contributed by atoms with Crippen LogP contribution in [-0.4, -0.2) is 29.3 Å². The molecule has 0 atom stereocenters. The number of aromatic hydroxyl groups is 1. The number of phenolic OH excluding ortho intramolecular Hbond substituents is 1. The summed E-state index contributed by atoms with van der Waals surface area (Å²) in [5.74, 6) is 0.0110. The number of carbonyl (C=O) groups is 1. The van der Waals surface area contributed by atoms with Gasteiger partial charge in [0.1, 0.15) is 11.4 Å². The van der Waals surface area contributed by atoms with Crippen molar-refractivity contribution in [2.45, 2.75) is 13.1 Å². The molecule has 1 amide bonds. The lowest BCUT2D eigenvalue weighted by Gasteiger charge is -2.10. The number of methoxy groups -OCH3 is 1. The van der Waals surface area contributed by atoms with Crippen LogP contribution in [0.2, 0.25) is 0 Å². The first-order valence-electron chi connectivity index (χ1n) is 6.41. The maximum Gasteiger partial charge on any atom is 0.268 e. The molecule has 0 saturated heterocycles. The van der Waals surface area contributed by atoms with Gasteiger partial charge in [-0.25, -0.2) is 0 Å². The van der Waals surface area contributed by atoms with E-state index in [-0.39, 0.29) is 11.7 Å². The highest BCUT2D eigenvalue weighted by atomic mass is 16.5. The standard InChI is InChI=1S/C15H18N2O3/c1-20-10-9-17-8-4-6-13(17)15(19)16-11-12-5-2-3-7-14(12)18/h2-8,18H,9-11H2,1H3,(H,16,19). The first kappa shape index (κ1) is 14.1. The smallest absolute Gasteiger partial charge is 0.268 e. The van der Waals surface area contributed by atoms with Crippen LogP contribution in [0.5, 0.6) is 5.75 Å². The van der Waals surface area contributed by atoms with Gasteiger partial charge in [0.2, 0.25) is 0 Å². The third kappa shape index (κ3) is 3.39. The molecule has 2 aromatic rings. The number of carbonyl (C=O) groups excluding carboxylic acids is 1. The van der Waals surface area contributed by atoms with Gasteiger partial charge >= 0.3 is 0 Å². The largest absolute Gasteiger partial charge is 0.508 e. The molecule has 0 aliphatic heterocycles. The number of ether oxygens (including phenoxy) is 1. The fourth-order valence-electron chi connectivity index (χ4n) is 1.93. The first-order chi connectivity index (χ1) is 9.72. The number of para-hydroxylation sites is 1. The molecule has 5 nitrogen and oxygen atoms in total. The Hall–Kier alpha value is -2.27. The molecule has 5 heteroatoms. The van der Waals surface area contributed by atoms with Crippen LogP contribution < -0.4 is 5.32 Å². The molecule has 1 aromatic carbocycles. The van der Waals surface area contributed by atoms with Crippen LogP contribution in [0.4, 0.5) is 0 Å². The summed E-state index contributed by atoms with van der Waals surface area (Å²) in [7, 11) is 1.63. The predicted octanol–water partition coefficient (Wildman–Crippen LogP) is 1.77. The van der Waals surface area contributed by atoms with Crippen molar-refractivity contribution in [3.8, 4) is 5.75 Å². The Kier molecular flexibility index (Phi) is 4.79. The molecule has 0 radical (unpaired) electrons. The topological polar surface area (TPSA) is 63.5 Å². The zero-order chi connectivity index (χ0) is 14.4. The summed E-state index contributed by atoms with van der Waals surface area (Å²) < 4.78 is 6.85. The zero-order valence-electron chi connectivity index (χ0n) is 11.4. The quantitative estimate of drug-likeness (QED) is 0.844. The zero-order valence-corrected chi connectivity index (χ0v) is 11.4. The van der Waals surface area contributed by atoms with Crippen LogP contribution in [0.25, 0.3) is 0 Å². The van der Waals surface area contributed by atoms with Crippen molar-refractivity contribution in [2.75, 3.05) is 13.7 Å². The molecule has 0 aliphatic rings. The second-order valence-electron chi connectivity index (χ2n) is 4.39. The van der Waals surface area contributed by atoms with Gasteiger partial charge < -0.3 is 19.7 Å². The third-order valence-electron chi connectivity index (χ3n) is 3.03. The monoisotopic (exact) mass is 274 g/mol. The van der Waals surface area contributed by atoms with Crippen molar-refractivity contribution in [1.82, 2.24) is 9.88 Å². The summed E-state index contributed by atoms with van der Waals surface area (Å²) in [4.78, 5) is 12.1. The molecular formula is C15H18N2O3. The van der Waals surface area contributed by atoms with E-state index in [1.807, 2.05) is 22.9 Å². The lowest BCUT2D eigenvalue weighted by Crippen LogP contribution is -2.25. The van der Waals surface area contributed by atoms with Gasteiger partial charge in [0.15, 0.2) is 0 Å². The van der Waals surface area contributed by atoms with Gasteiger partial charge in [-0.1, -0.05) is 18.2 Å². The minimum absolute atomic E-state index is 0.172. The van der Waals surface area contributed by atoms with E-state index in [4.69, 9.17) is 4.74 Å². The molecule has 0 unspecified atom stereocenters. The van der Waals surface area contributed by atoms with Gasteiger partial charge in [-0.05, 0) is 18.2 Å². The van der Waals surface area contributed by atoms with E-state index in [0.717, 1.165) is 0 Å². The van der Waals surface area contributed by atoms with Crippen molar-refractivity contribution >= 4 is 5.91 Å². The summed E-state index contributed by atoms with van der Waals surface area (Å²) in [5, 5.41) is 12.5. The van der Waals surface area contributed by atoms with Gasteiger partial charge in [-0.3, -0.25) is 4.79 Å². The maximum atomic E-state index is 12.1. The summed E-state index contributed by atoms with van der Waals surface area (Å²) in [6, 6.07) is 10.5. The molecule has 0 aliphatic carbocycles. The van der Waals surface area contributed by atoms with E-state index >= 15 is 0 Å². The first-order valence-corrected chi connectivity index (χ1v) is 6.41. The second-order valence-corrected chi connectivity index (χ2v) is 4.39. The summed E-state index contributed by atoms with van der Waals surface area (Å²) in [5.41, 5.74) is 1.27. The average molecular weight is 274 g/mol. The Labute approximate surface area is 117 Å². The Bertz CT molecular complexity index is 578. The number of rotatable bonds is 6. The maximum absolute atomic E-state index is 12.1. The Morgan fingerprint density at radius 3 is 2.85 bits per heavy atom. The molecule has 1 aromatic heterocycles. The SMILES string of the molecule is COCCn1cccc1C(=O)NCc1ccccc1O. The number of nitrogens with one attached hydrogen (secondary N) is 1. The predicted molar refractivity (Wildman–Crippen MR) is 75.6 cm³/mol. The van der Waals surface area contributed by atoms with Gasteiger partial charge in [0.05, 0.1) is 6.61 Å². The van der Waals surface area contributed by atoms with Crippen molar-refractivity contribution in [1.29, 1.82) is 0 Å². The molecule has 2 rings (SSSR count). The normalized spacial score (nSPS) is 10.4.